The summed E-state index contributed by atoms with van der Waals surface area (Å²) in [6, 6.07) is 14.2. The number of carbonyl (C=O) groups is 2. The Hall–Kier alpha value is -3.30. The Balaban J connectivity index is 1.13. The van der Waals surface area contributed by atoms with E-state index in [-0.39, 0.29) is 23.8 Å². The number of carboxylic acid groups (broad SMARTS) is 1. The van der Waals surface area contributed by atoms with Crippen molar-refractivity contribution >= 4 is 34.8 Å². The van der Waals surface area contributed by atoms with E-state index in [4.69, 9.17) is 11.6 Å². The zero-order valence-corrected chi connectivity index (χ0v) is 21.4. The van der Waals surface area contributed by atoms with Gasteiger partial charge in [-0.1, -0.05) is 35.9 Å². The predicted octanol–water partition coefficient (Wildman–Crippen LogP) is 4.46. The molecule has 2 fully saturated rings. The zero-order chi connectivity index (χ0) is 25.9. The number of fused-ring (bicyclic) bond motifs is 1. The van der Waals surface area contributed by atoms with E-state index >= 15 is 0 Å². The summed E-state index contributed by atoms with van der Waals surface area (Å²) in [5.74, 6) is 0.330. The van der Waals surface area contributed by atoms with Gasteiger partial charge < -0.3 is 20.6 Å². The van der Waals surface area contributed by atoms with Crippen molar-refractivity contribution in [3.8, 4) is 0 Å². The van der Waals surface area contributed by atoms with E-state index < -0.39 is 6.09 Å². The van der Waals surface area contributed by atoms with Crippen molar-refractivity contribution < 1.29 is 14.7 Å². The first-order valence-electron chi connectivity index (χ1n) is 12.9. The van der Waals surface area contributed by atoms with Gasteiger partial charge in [0.25, 0.3) is 0 Å². The molecule has 0 spiro atoms. The molecular weight excluding hydrogens is 494 g/mol. The highest BCUT2D eigenvalue weighted by atomic mass is 35.5. The average Bonchev–Trinajstić information content (AvgIpc) is 3.68. The number of piperidine rings is 1. The number of hydrogen-bond donors (Lipinski definition) is 3. The maximum Gasteiger partial charge on any atom is 0.405 e. The molecule has 1 saturated carbocycles. The Morgan fingerprint density at radius 2 is 1.68 bits per heavy atom. The van der Waals surface area contributed by atoms with Crippen LogP contribution in [0.5, 0.6) is 0 Å². The minimum absolute atomic E-state index is 0.195. The van der Waals surface area contributed by atoms with Crippen molar-refractivity contribution in [2.24, 2.45) is 5.92 Å². The summed E-state index contributed by atoms with van der Waals surface area (Å²) in [6.07, 6.45) is 3.41. The molecule has 2 heterocycles. The summed E-state index contributed by atoms with van der Waals surface area (Å²) in [4.78, 5) is 39.7. The molecule has 9 nitrogen and oxygen atoms in total. The smallest absolute Gasteiger partial charge is 0.405 e. The fourth-order valence-electron chi connectivity index (χ4n) is 5.26. The van der Waals surface area contributed by atoms with E-state index in [0.717, 1.165) is 56.4 Å². The number of imidazole rings is 1. The maximum atomic E-state index is 13.0. The summed E-state index contributed by atoms with van der Waals surface area (Å²) >= 11 is 5.97. The van der Waals surface area contributed by atoms with Gasteiger partial charge in [-0.3, -0.25) is 4.57 Å². The van der Waals surface area contributed by atoms with Crippen LogP contribution in [-0.4, -0.2) is 57.4 Å². The molecule has 1 aliphatic carbocycles. The highest BCUT2D eigenvalue weighted by Gasteiger charge is 2.30. The van der Waals surface area contributed by atoms with Crippen LogP contribution in [0.1, 0.15) is 49.8 Å². The quantitative estimate of drug-likeness (QED) is 0.402. The highest BCUT2D eigenvalue weighted by Crippen LogP contribution is 2.36. The molecule has 1 aliphatic heterocycles. The Bertz CT molecular complexity index is 1320. The van der Waals surface area contributed by atoms with Crippen LogP contribution in [0.2, 0.25) is 5.02 Å². The van der Waals surface area contributed by atoms with E-state index in [2.05, 4.69) is 15.5 Å². The third kappa shape index (κ3) is 5.83. The van der Waals surface area contributed by atoms with Crippen LogP contribution in [0, 0.1) is 5.92 Å². The summed E-state index contributed by atoms with van der Waals surface area (Å²) < 4.78 is 3.03. The molecule has 2 amide bonds. The van der Waals surface area contributed by atoms with Crippen LogP contribution < -0.4 is 16.3 Å². The molecular formula is C27H32ClN5O4. The normalized spacial score (nSPS) is 17.5. The molecule has 1 unspecified atom stereocenters. The number of halogens is 1. The number of benzene rings is 2. The number of para-hydroxylation sites is 2. The van der Waals surface area contributed by atoms with Gasteiger partial charge in [-0.25, -0.2) is 19.0 Å². The molecule has 196 valence electrons. The van der Waals surface area contributed by atoms with Crippen LogP contribution >= 0.6 is 11.6 Å². The van der Waals surface area contributed by atoms with Crippen LogP contribution in [0.4, 0.5) is 9.59 Å². The number of amides is 2. The van der Waals surface area contributed by atoms with Gasteiger partial charge in [0.05, 0.1) is 17.1 Å². The van der Waals surface area contributed by atoms with E-state index in [0.29, 0.717) is 29.4 Å². The first-order chi connectivity index (χ1) is 17.9. The van der Waals surface area contributed by atoms with Crippen LogP contribution in [-0.2, 0) is 0 Å². The van der Waals surface area contributed by atoms with Gasteiger partial charge in [0.15, 0.2) is 0 Å². The Kier molecular flexibility index (Phi) is 7.53. The lowest BCUT2D eigenvalue weighted by Gasteiger charge is -2.33. The molecule has 1 saturated heterocycles. The minimum atomic E-state index is -1.05. The standard InChI is InChI=1S/C27H32ClN5O4/c28-20-7-5-19(6-8-20)22(30-26(35)36)13-16-31-14-11-18(12-15-31)17-29-25(34)33-24-4-2-1-3-23(24)32(27(33)37)21-9-10-21/h1-8,18,21-22,30H,9-17H2,(H,29,34)(H,35,36). The summed E-state index contributed by atoms with van der Waals surface area (Å²) in [7, 11) is 0. The minimum Gasteiger partial charge on any atom is -0.465 e. The topological polar surface area (TPSA) is 109 Å². The van der Waals surface area contributed by atoms with E-state index in [9.17, 15) is 19.5 Å². The molecule has 2 aromatic carbocycles. The molecule has 37 heavy (non-hydrogen) atoms. The van der Waals surface area contributed by atoms with Gasteiger partial charge in [0, 0.05) is 24.2 Å². The monoisotopic (exact) mass is 525 g/mol. The average molecular weight is 526 g/mol. The molecule has 0 radical (unpaired) electrons. The van der Waals surface area contributed by atoms with Gasteiger partial charge in [-0.05, 0) is 80.9 Å². The Morgan fingerprint density at radius 1 is 1.00 bits per heavy atom. The number of nitrogens with zero attached hydrogens (tertiary/aromatic N) is 3. The number of hydrogen-bond acceptors (Lipinski definition) is 4. The SMILES string of the molecule is O=C(O)NC(CCN1CCC(CNC(=O)n2c(=O)n(C3CC3)c3ccccc32)CC1)c1ccc(Cl)cc1. The predicted molar refractivity (Wildman–Crippen MR) is 142 cm³/mol. The molecule has 3 N–H and O–H groups in total. The molecule has 1 aromatic heterocycles. The lowest BCUT2D eigenvalue weighted by Crippen LogP contribution is -2.42. The van der Waals surface area contributed by atoms with Gasteiger partial charge in [0.2, 0.25) is 0 Å². The van der Waals surface area contributed by atoms with Crippen molar-refractivity contribution in [3.63, 3.8) is 0 Å². The molecule has 0 bridgehead atoms. The van der Waals surface area contributed by atoms with Crippen molar-refractivity contribution in [1.29, 1.82) is 0 Å². The molecule has 5 rings (SSSR count). The first-order valence-corrected chi connectivity index (χ1v) is 13.3. The van der Waals surface area contributed by atoms with Crippen molar-refractivity contribution in [1.82, 2.24) is 24.7 Å². The Labute approximate surface area is 220 Å². The molecule has 3 aromatic rings. The summed E-state index contributed by atoms with van der Waals surface area (Å²) in [5.41, 5.74) is 2.09. The van der Waals surface area contributed by atoms with Crippen LogP contribution in [0.25, 0.3) is 11.0 Å². The van der Waals surface area contributed by atoms with Crippen molar-refractivity contribution in [2.45, 2.75) is 44.2 Å². The van der Waals surface area contributed by atoms with Crippen molar-refractivity contribution in [3.05, 3.63) is 69.6 Å². The first kappa shape index (κ1) is 25.4. The van der Waals surface area contributed by atoms with Crippen molar-refractivity contribution in [2.75, 3.05) is 26.2 Å². The lowest BCUT2D eigenvalue weighted by atomic mass is 9.96. The third-order valence-corrected chi connectivity index (χ3v) is 7.70. The largest absolute Gasteiger partial charge is 0.465 e. The second kappa shape index (κ2) is 11.0. The van der Waals surface area contributed by atoms with E-state index in [1.165, 1.54) is 4.57 Å². The number of nitrogens with one attached hydrogen (secondary N) is 2. The van der Waals surface area contributed by atoms with Gasteiger partial charge >= 0.3 is 17.8 Å². The zero-order valence-electron chi connectivity index (χ0n) is 20.6. The summed E-state index contributed by atoms with van der Waals surface area (Å²) in [6.45, 7) is 3.04. The molecule has 10 heteroatoms. The molecule has 1 atom stereocenters. The number of rotatable bonds is 8. The highest BCUT2D eigenvalue weighted by molar-refractivity contribution is 6.30. The van der Waals surface area contributed by atoms with Gasteiger partial charge in [0.1, 0.15) is 0 Å². The fourth-order valence-corrected chi connectivity index (χ4v) is 5.38. The van der Waals surface area contributed by atoms with Crippen LogP contribution in [0.3, 0.4) is 0 Å². The molecule has 2 aliphatic rings. The van der Waals surface area contributed by atoms with Crippen LogP contribution in [0.15, 0.2) is 53.3 Å². The number of aromatic nitrogens is 2. The second-order valence-corrected chi connectivity index (χ2v) is 10.5. The third-order valence-electron chi connectivity index (χ3n) is 7.45. The Morgan fingerprint density at radius 3 is 2.32 bits per heavy atom. The maximum absolute atomic E-state index is 13.0. The van der Waals surface area contributed by atoms with Gasteiger partial charge in [-0.15, -0.1) is 0 Å². The van der Waals surface area contributed by atoms with E-state index in [1.54, 1.807) is 16.7 Å². The number of likely N-dealkylation sites (tertiary alicyclic amines) is 1. The lowest BCUT2D eigenvalue weighted by molar-refractivity contribution is 0.168. The number of carbonyl (C=O) groups excluding carboxylic acids is 1. The second-order valence-electron chi connectivity index (χ2n) is 10.0. The fraction of sp³-hybridized carbons (Fsp3) is 0.444. The summed E-state index contributed by atoms with van der Waals surface area (Å²) in [5, 5.41) is 15.5. The van der Waals surface area contributed by atoms with Gasteiger partial charge in [-0.2, -0.15) is 0 Å². The van der Waals surface area contributed by atoms with E-state index in [1.807, 2.05) is 36.4 Å².